The lowest BCUT2D eigenvalue weighted by molar-refractivity contribution is 0.0529. The van der Waals surface area contributed by atoms with E-state index < -0.39 is 66.0 Å². The highest BCUT2D eigenvalue weighted by Crippen LogP contribution is 2.51. The maximum atomic E-state index is 13.7. The number of alkyl halides is 6. The van der Waals surface area contributed by atoms with Crippen molar-refractivity contribution in [1.82, 2.24) is 3.62 Å². The van der Waals surface area contributed by atoms with Crippen molar-refractivity contribution in [2.75, 3.05) is 13.3 Å². The van der Waals surface area contributed by atoms with Gasteiger partial charge in [-0.25, -0.2) is 25.6 Å². The molecule has 0 radical (unpaired) electrons. The van der Waals surface area contributed by atoms with Gasteiger partial charge in [0, 0.05) is 0 Å². The van der Waals surface area contributed by atoms with Gasteiger partial charge < -0.3 is 0 Å². The third-order valence-corrected chi connectivity index (χ3v) is 9.39. The first-order valence-corrected chi connectivity index (χ1v) is 10.9. The topological polar surface area (TPSA) is 71.5 Å². The predicted octanol–water partition coefficient (Wildman–Crippen LogP) is 3.17. The second-order valence-electron chi connectivity index (χ2n) is 6.65. The summed E-state index contributed by atoms with van der Waals surface area (Å²) in [5, 5.41) is -10.4. The van der Waals surface area contributed by atoms with Crippen molar-refractivity contribution in [2.45, 2.75) is 60.7 Å². The molecule has 14 heteroatoms. The van der Waals surface area contributed by atoms with E-state index in [1.807, 2.05) is 0 Å². The summed E-state index contributed by atoms with van der Waals surface area (Å²) < 4.78 is 128. The molecule has 0 aromatic carbocycles. The van der Waals surface area contributed by atoms with Crippen molar-refractivity contribution in [3.05, 3.63) is 0 Å². The second kappa shape index (κ2) is 7.15. The fraction of sp³-hybridized carbons (Fsp3) is 1.00. The van der Waals surface area contributed by atoms with Crippen molar-refractivity contribution < 1.29 is 43.2 Å². The molecule has 0 spiro atoms. The van der Waals surface area contributed by atoms with Crippen LogP contribution in [0.25, 0.3) is 0 Å². The smallest absolute Gasteiger partial charge is 0.243 e. The first-order valence-electron chi connectivity index (χ1n) is 8.00. The van der Waals surface area contributed by atoms with Gasteiger partial charge in [0.2, 0.25) is 0 Å². The van der Waals surface area contributed by atoms with Gasteiger partial charge in [0.15, 0.2) is 13.3 Å². The Morgan fingerprint density at radius 1 is 0.769 bits per heavy atom. The molecule has 0 aromatic heterocycles. The largest absolute Gasteiger partial charge is 0.386 e. The Labute approximate surface area is 148 Å². The van der Waals surface area contributed by atoms with E-state index in [2.05, 4.69) is 0 Å². The minimum Gasteiger partial charge on any atom is -0.243 e. The van der Waals surface area contributed by atoms with Crippen molar-refractivity contribution in [1.29, 1.82) is 0 Å². The fourth-order valence-electron chi connectivity index (χ4n) is 3.84. The molecular formula is C12H18BF6NO4S2. The summed E-state index contributed by atoms with van der Waals surface area (Å²) in [7, 11) is -12.7. The van der Waals surface area contributed by atoms with Crippen molar-refractivity contribution in [2.24, 2.45) is 0 Å². The summed E-state index contributed by atoms with van der Waals surface area (Å²) in [6, 6.07) is 0. The third kappa shape index (κ3) is 3.36. The average Bonchev–Trinajstić information content (AvgIpc) is 2.53. The summed E-state index contributed by atoms with van der Waals surface area (Å²) in [5.74, 6) is -1.50. The summed E-state index contributed by atoms with van der Waals surface area (Å²) >= 11 is 0. The SMILES string of the molecule is O=S(=O)(N(B1C2CCCC1CCC2)S(=O)(=O)C(F)(F)CF)C(F)(F)CF. The number of halogens is 6. The zero-order valence-electron chi connectivity index (χ0n) is 13.6. The van der Waals surface area contributed by atoms with E-state index in [0.29, 0.717) is 12.8 Å². The number of sulfonamides is 2. The predicted molar refractivity (Wildman–Crippen MR) is 82.5 cm³/mol. The Kier molecular flexibility index (Phi) is 6.00. The first kappa shape index (κ1) is 21.8. The lowest BCUT2D eigenvalue weighted by Crippen LogP contribution is -2.62. The molecular weight excluding hydrogens is 411 g/mol. The standard InChI is InChI=1S/C12H18BF6NO4S2/c14-7-11(16,17)25(21,22)20(26(23,24)12(18,19)8-15)13-9-3-1-4-10(13)6-2-5-9/h9-10H,1-8H2. The Balaban J connectivity index is 2.68. The molecule has 2 fully saturated rings. The van der Waals surface area contributed by atoms with E-state index in [1.165, 1.54) is 0 Å². The van der Waals surface area contributed by atoms with Crippen molar-refractivity contribution in [3.63, 3.8) is 0 Å². The highest BCUT2D eigenvalue weighted by molar-refractivity contribution is 8.06. The third-order valence-electron chi connectivity index (χ3n) is 5.05. The van der Waals surface area contributed by atoms with Gasteiger partial charge in [-0.1, -0.05) is 38.5 Å². The molecule has 5 nitrogen and oxygen atoms in total. The van der Waals surface area contributed by atoms with Crippen LogP contribution >= 0.6 is 0 Å². The van der Waals surface area contributed by atoms with Gasteiger partial charge in [-0.3, -0.25) is 0 Å². The van der Waals surface area contributed by atoms with Crippen LogP contribution in [0.5, 0.6) is 0 Å². The molecule has 0 unspecified atom stereocenters. The van der Waals surface area contributed by atoms with E-state index in [0.717, 1.165) is 0 Å². The monoisotopic (exact) mass is 429 g/mol. The normalized spacial score (nSPS) is 25.6. The molecule has 0 N–H and O–H groups in total. The van der Waals surface area contributed by atoms with Crippen LogP contribution in [0.4, 0.5) is 26.3 Å². The minimum atomic E-state index is -6.35. The summed E-state index contributed by atoms with van der Waals surface area (Å²) in [5.41, 5.74) is 0. The van der Waals surface area contributed by atoms with Gasteiger partial charge in [0.1, 0.15) is 0 Å². The molecule has 26 heavy (non-hydrogen) atoms. The maximum absolute atomic E-state index is 13.7. The number of fused-ring (bicyclic) bond motifs is 2. The van der Waals surface area contributed by atoms with Crippen LogP contribution in [-0.2, 0) is 20.0 Å². The molecule has 152 valence electrons. The molecule has 0 aliphatic carbocycles. The summed E-state index contributed by atoms with van der Waals surface area (Å²) in [4.78, 5) is 0. The molecule has 0 saturated carbocycles. The highest BCUT2D eigenvalue weighted by atomic mass is 32.3. The van der Waals surface area contributed by atoms with Gasteiger partial charge in [0.25, 0.3) is 26.9 Å². The highest BCUT2D eigenvalue weighted by Gasteiger charge is 2.65. The zero-order valence-corrected chi connectivity index (χ0v) is 15.2. The Morgan fingerprint density at radius 3 is 1.35 bits per heavy atom. The molecule has 0 atom stereocenters. The molecule has 2 rings (SSSR count). The van der Waals surface area contributed by atoms with E-state index in [4.69, 9.17) is 0 Å². The first-order chi connectivity index (χ1) is 11.8. The second-order valence-corrected chi connectivity index (χ2v) is 10.8. The fourth-order valence-corrected chi connectivity index (χ4v) is 7.66. The van der Waals surface area contributed by atoms with Gasteiger partial charge >= 0.3 is 10.5 Å². The number of rotatable bonds is 7. The van der Waals surface area contributed by atoms with E-state index in [-0.39, 0.29) is 25.7 Å². The number of hydrogen-bond acceptors (Lipinski definition) is 4. The molecule has 0 amide bonds. The quantitative estimate of drug-likeness (QED) is 0.461. The van der Waals surface area contributed by atoms with Crippen LogP contribution < -0.4 is 0 Å². The summed E-state index contributed by atoms with van der Waals surface area (Å²) in [6.45, 7) is -7.27. The number of nitrogens with zero attached hydrogens (tertiary/aromatic N) is 1. The lowest BCUT2D eigenvalue weighted by atomic mass is 9.35. The lowest BCUT2D eigenvalue weighted by Gasteiger charge is -2.45. The van der Waals surface area contributed by atoms with Crippen LogP contribution in [0.1, 0.15) is 38.5 Å². The van der Waals surface area contributed by atoms with E-state index >= 15 is 0 Å². The van der Waals surface area contributed by atoms with Crippen molar-refractivity contribution in [3.8, 4) is 0 Å². The van der Waals surface area contributed by atoms with E-state index in [9.17, 15) is 43.2 Å². The molecule has 2 aliphatic rings. The maximum Gasteiger partial charge on any atom is 0.386 e. The van der Waals surface area contributed by atoms with E-state index in [1.54, 1.807) is 0 Å². The van der Waals surface area contributed by atoms with Crippen LogP contribution in [0.3, 0.4) is 0 Å². The van der Waals surface area contributed by atoms with Gasteiger partial charge in [-0.2, -0.15) is 17.6 Å². The van der Waals surface area contributed by atoms with Crippen LogP contribution in [0, 0.1) is 0 Å². The summed E-state index contributed by atoms with van der Waals surface area (Å²) in [6.07, 6.45) is 2.13. The molecule has 2 saturated heterocycles. The minimum absolute atomic E-state index is 0.255. The van der Waals surface area contributed by atoms with Gasteiger partial charge in [0.05, 0.1) is 0 Å². The Morgan fingerprint density at radius 2 is 1.08 bits per heavy atom. The molecule has 2 bridgehead atoms. The van der Waals surface area contributed by atoms with Gasteiger partial charge in [-0.05, 0) is 11.6 Å². The Bertz CT molecular complexity index is 664. The van der Waals surface area contributed by atoms with Crippen LogP contribution in [0.15, 0.2) is 0 Å². The Hall–Kier alpha value is -0.495. The van der Waals surface area contributed by atoms with Crippen LogP contribution in [0.2, 0.25) is 11.6 Å². The van der Waals surface area contributed by atoms with Crippen molar-refractivity contribution >= 4 is 26.9 Å². The average molecular weight is 429 g/mol. The molecule has 0 aromatic rings. The van der Waals surface area contributed by atoms with Crippen LogP contribution in [-0.4, -0.2) is 51.2 Å². The van der Waals surface area contributed by atoms with Gasteiger partial charge in [-0.15, -0.1) is 3.62 Å². The molecule has 2 aliphatic heterocycles. The molecule has 2 heterocycles. The zero-order chi connectivity index (χ0) is 20.0. The number of hydrogen-bond donors (Lipinski definition) is 0.